The lowest BCUT2D eigenvalue weighted by atomic mass is 9.91. The van der Waals surface area contributed by atoms with Gasteiger partial charge in [-0.1, -0.05) is 31.2 Å². The lowest BCUT2D eigenvalue weighted by Gasteiger charge is -2.22. The number of phenols is 2. The van der Waals surface area contributed by atoms with Crippen molar-refractivity contribution in [3.63, 3.8) is 0 Å². The molecule has 5 atom stereocenters. The summed E-state index contributed by atoms with van der Waals surface area (Å²) in [6.45, 7) is 3.28. The van der Waals surface area contributed by atoms with Crippen LogP contribution in [0.4, 0.5) is 22.2 Å². The van der Waals surface area contributed by atoms with Gasteiger partial charge in [-0.25, -0.2) is 9.78 Å². The Morgan fingerprint density at radius 3 is 2.27 bits per heavy atom. The zero-order valence-corrected chi connectivity index (χ0v) is 31.1. The Kier molecular flexibility index (Phi) is 11.1. The highest BCUT2D eigenvalue weighted by Crippen LogP contribution is 2.40. The van der Waals surface area contributed by atoms with Crippen molar-refractivity contribution in [1.82, 2.24) is 50.0 Å². The van der Waals surface area contributed by atoms with Crippen LogP contribution in [-0.2, 0) is 6.42 Å². The fraction of sp³-hybridized carbons (Fsp3) is 0.351. The number of hydrogen-bond donors (Lipinski definition) is 7. The van der Waals surface area contributed by atoms with Gasteiger partial charge < -0.3 is 45.8 Å². The molecule has 2 aromatic carbocycles. The molecule has 8 rings (SSSR count). The lowest BCUT2D eigenvalue weighted by molar-refractivity contribution is 0.00473. The third kappa shape index (κ3) is 7.84. The normalized spacial score (nSPS) is 20.6. The van der Waals surface area contributed by atoms with Gasteiger partial charge in [0, 0.05) is 56.1 Å². The smallest absolute Gasteiger partial charge is 0.319 e. The number of aromatic hydroxyl groups is 2. The molecule has 6 aromatic rings. The number of pyridine rings is 1. The number of benzene rings is 2. The van der Waals surface area contributed by atoms with E-state index in [0.717, 1.165) is 11.1 Å². The number of aliphatic hydroxyl groups excluding tert-OH is 2. The minimum Gasteiger partial charge on any atom is -0.508 e. The van der Waals surface area contributed by atoms with Crippen molar-refractivity contribution in [1.29, 1.82) is 0 Å². The van der Waals surface area contributed by atoms with Crippen LogP contribution in [0.15, 0.2) is 79.4 Å². The monoisotopic (exact) mass is 783 g/mol. The first kappa shape index (κ1) is 38.2. The summed E-state index contributed by atoms with van der Waals surface area (Å²) in [7, 11) is 0. The van der Waals surface area contributed by atoms with Crippen LogP contribution in [-0.4, -0.2) is 109 Å². The number of hydrogen-bond acceptors (Lipinski definition) is 14. The maximum atomic E-state index is 12.8. The van der Waals surface area contributed by atoms with Crippen molar-refractivity contribution >= 4 is 47.1 Å². The van der Waals surface area contributed by atoms with Crippen LogP contribution in [0.2, 0.25) is 0 Å². The fourth-order valence-electron chi connectivity index (χ4n) is 7.33. The first-order valence-corrected chi connectivity index (χ1v) is 18.2. The number of fused-ring (bicyclic) bond motifs is 1. The Bertz CT molecular complexity index is 2210. The van der Waals surface area contributed by atoms with Crippen molar-refractivity contribution in [2.24, 2.45) is 0 Å². The Hall–Kier alpha value is -6.11. The van der Waals surface area contributed by atoms with Crippen molar-refractivity contribution in [3.8, 4) is 11.5 Å². The zero-order chi connectivity index (χ0) is 38.1. The van der Waals surface area contributed by atoms with Gasteiger partial charge in [0.2, 0.25) is 5.95 Å². The molecule has 56 heavy (non-hydrogen) atoms. The number of urea groups is 1. The van der Waals surface area contributed by atoms with E-state index in [-0.39, 0.29) is 41.9 Å². The van der Waals surface area contributed by atoms with Crippen LogP contribution in [0.25, 0.3) is 11.2 Å². The number of nitrogens with one attached hydrogen (secondary N) is 3. The first-order valence-electron chi connectivity index (χ1n) is 18.2. The molecular formula is C37H42ClN13O5. The number of aliphatic hydroxyl groups is 2. The van der Waals surface area contributed by atoms with E-state index in [4.69, 9.17) is 15.0 Å². The summed E-state index contributed by atoms with van der Waals surface area (Å²) in [4.78, 5) is 34.8. The van der Waals surface area contributed by atoms with Gasteiger partial charge in [-0.05, 0) is 65.6 Å². The summed E-state index contributed by atoms with van der Waals surface area (Å²) in [6.07, 6.45) is 3.98. The molecule has 2 aliphatic rings. The summed E-state index contributed by atoms with van der Waals surface area (Å²) < 4.78 is 1.77. The fourth-order valence-corrected chi connectivity index (χ4v) is 7.33. The molecule has 0 bridgehead atoms. The van der Waals surface area contributed by atoms with E-state index in [1.807, 2.05) is 36.1 Å². The number of aryl methyl sites for hydroxylation is 1. The molecule has 1 aliphatic heterocycles. The molecule has 292 valence electrons. The van der Waals surface area contributed by atoms with Crippen LogP contribution in [0, 0.1) is 0 Å². The standard InChI is InChI=1S/C37H41N13O5.ClH/c1-2-30-45-47-50(46-30)29-17-28(32(53)33(29)54)49-20-40-31-34(39-18-27(21-3-7-25(51)8-4-21)22-5-9-26(52)10-6-22)43-36(44-35(31)49)48-16-13-24(19-48)42-37(55)41-23-11-14-38-15-12-23;/h3-12,14-15,20,24,27-29,32-33,51-54H,2,13,16-19H2,1H3,(H,39,43,44)(H2,38,41,42,55);1H/t24?,28-,29+,32+,33-;/m1./s1. The number of amides is 2. The van der Waals surface area contributed by atoms with E-state index >= 15 is 0 Å². The Morgan fingerprint density at radius 1 is 0.929 bits per heavy atom. The molecule has 1 aliphatic carbocycles. The van der Waals surface area contributed by atoms with Crippen LogP contribution in [0.3, 0.4) is 0 Å². The highest BCUT2D eigenvalue weighted by molar-refractivity contribution is 5.89. The molecule has 0 spiro atoms. The van der Waals surface area contributed by atoms with Gasteiger partial charge in [0.15, 0.2) is 22.8 Å². The van der Waals surface area contributed by atoms with Gasteiger partial charge in [-0.2, -0.15) is 14.8 Å². The highest BCUT2D eigenvalue weighted by atomic mass is 35.5. The number of nitrogens with zero attached hydrogens (tertiary/aromatic N) is 10. The third-order valence-corrected chi connectivity index (χ3v) is 10.3. The average molecular weight is 784 g/mol. The number of carbonyl (C=O) groups excluding carboxylic acids is 1. The van der Waals surface area contributed by atoms with Crippen molar-refractivity contribution in [3.05, 3.63) is 96.3 Å². The molecule has 18 nitrogen and oxygen atoms in total. The Morgan fingerprint density at radius 2 is 1.61 bits per heavy atom. The summed E-state index contributed by atoms with van der Waals surface area (Å²) in [5, 5.41) is 64.5. The molecular weight excluding hydrogens is 742 g/mol. The second-order valence-electron chi connectivity index (χ2n) is 13.8. The SMILES string of the molecule is CCc1nnn([C@H]2C[C@@H](n3cnc4c(NCC(c5ccc(O)cc5)c5ccc(O)cc5)nc(N5CCC(NC(=O)Nc6ccncc6)C5)nc43)[C@H](O)[C@@H]2O)n1.Cl. The van der Waals surface area contributed by atoms with E-state index in [1.165, 1.54) is 4.80 Å². The number of aromatic nitrogens is 9. The van der Waals surface area contributed by atoms with Crippen molar-refractivity contribution in [2.45, 2.75) is 62.4 Å². The predicted octanol–water partition coefficient (Wildman–Crippen LogP) is 3.16. The predicted molar refractivity (Wildman–Crippen MR) is 208 cm³/mol. The maximum Gasteiger partial charge on any atom is 0.319 e. The number of anilines is 3. The first-order chi connectivity index (χ1) is 26.7. The Balaban J connectivity index is 0.00000480. The van der Waals surface area contributed by atoms with Gasteiger partial charge in [-0.3, -0.25) is 4.98 Å². The van der Waals surface area contributed by atoms with Crippen molar-refractivity contribution < 1.29 is 25.2 Å². The highest BCUT2D eigenvalue weighted by Gasteiger charge is 2.45. The van der Waals surface area contributed by atoms with E-state index < -0.39 is 24.3 Å². The van der Waals surface area contributed by atoms with Crippen LogP contribution in [0.1, 0.15) is 54.7 Å². The molecule has 5 heterocycles. The minimum absolute atomic E-state index is 0. The summed E-state index contributed by atoms with van der Waals surface area (Å²) in [5.41, 5.74) is 3.38. The lowest BCUT2D eigenvalue weighted by Crippen LogP contribution is -2.40. The molecule has 1 unspecified atom stereocenters. The van der Waals surface area contributed by atoms with E-state index in [0.29, 0.717) is 73.3 Å². The number of imidazole rings is 1. The van der Waals surface area contributed by atoms with Gasteiger partial charge in [0.1, 0.15) is 29.7 Å². The van der Waals surface area contributed by atoms with Crippen LogP contribution >= 0.6 is 12.4 Å². The molecule has 2 amide bonds. The Labute approximate surface area is 327 Å². The molecule has 2 fully saturated rings. The van der Waals surface area contributed by atoms with E-state index in [1.54, 1.807) is 59.7 Å². The number of carbonyl (C=O) groups is 1. The zero-order valence-electron chi connectivity index (χ0n) is 30.3. The van der Waals surface area contributed by atoms with Crippen LogP contribution < -0.4 is 20.9 Å². The average Bonchev–Trinajstić information content (AvgIpc) is 4.01. The summed E-state index contributed by atoms with van der Waals surface area (Å²) in [5.74, 6) is 1.46. The second-order valence-corrected chi connectivity index (χ2v) is 13.8. The van der Waals surface area contributed by atoms with Crippen LogP contribution in [0.5, 0.6) is 11.5 Å². The quantitative estimate of drug-likeness (QED) is 0.100. The number of tetrazole rings is 1. The number of halogens is 1. The molecule has 0 radical (unpaired) electrons. The van der Waals surface area contributed by atoms with Gasteiger partial charge >= 0.3 is 6.03 Å². The molecule has 7 N–H and O–H groups in total. The second kappa shape index (κ2) is 16.3. The molecule has 1 saturated heterocycles. The third-order valence-electron chi connectivity index (χ3n) is 10.3. The largest absolute Gasteiger partial charge is 0.508 e. The van der Waals surface area contributed by atoms with Gasteiger partial charge in [0.25, 0.3) is 0 Å². The maximum absolute atomic E-state index is 12.8. The van der Waals surface area contributed by atoms with Crippen molar-refractivity contribution in [2.75, 3.05) is 35.2 Å². The summed E-state index contributed by atoms with van der Waals surface area (Å²) >= 11 is 0. The molecule has 1 saturated carbocycles. The van der Waals surface area contributed by atoms with Gasteiger partial charge in [-0.15, -0.1) is 22.6 Å². The number of phenolic OH excluding ortho intramolecular Hbond substituents is 2. The number of rotatable bonds is 11. The van der Waals surface area contributed by atoms with E-state index in [9.17, 15) is 25.2 Å². The molecule has 4 aromatic heterocycles. The summed E-state index contributed by atoms with van der Waals surface area (Å²) in [6, 6.07) is 15.6. The van der Waals surface area contributed by atoms with Gasteiger partial charge in [0.05, 0.1) is 12.4 Å². The topological polar surface area (TPSA) is 237 Å². The van der Waals surface area contributed by atoms with E-state index in [2.05, 4.69) is 36.3 Å². The minimum atomic E-state index is -1.18. The molecule has 19 heteroatoms.